The fraction of sp³-hybridized carbons (Fsp3) is 0. The molecule has 0 N–H and O–H groups in total. The Morgan fingerprint density at radius 3 is 1.88 bits per heavy atom. The predicted octanol–water partition coefficient (Wildman–Crippen LogP) is 11.9. The van der Waals surface area contributed by atoms with Crippen LogP contribution in [0, 0.1) is 0 Å². The smallest absolute Gasteiger partial charge is 0.180 e. The van der Waals surface area contributed by atoms with Gasteiger partial charge in [0.1, 0.15) is 28.0 Å². The number of benzene rings is 7. The van der Waals surface area contributed by atoms with Crippen LogP contribution in [0.15, 0.2) is 160 Å². The molecule has 4 heterocycles. The summed E-state index contributed by atoms with van der Waals surface area (Å²) in [5, 5.41) is 7.46. The van der Waals surface area contributed by atoms with E-state index in [-0.39, 0.29) is 0 Å². The monoisotopic (exact) mass is 627 g/mol. The number of nitrogens with zero attached hydrogens (tertiary/aromatic N) is 3. The highest BCUT2D eigenvalue weighted by molar-refractivity contribution is 6.40. The molecule has 49 heavy (non-hydrogen) atoms. The van der Waals surface area contributed by atoms with Crippen molar-refractivity contribution in [2.24, 2.45) is 0 Å². The lowest BCUT2D eigenvalue weighted by atomic mass is 9.96. The Morgan fingerprint density at radius 1 is 0.429 bits per heavy atom. The van der Waals surface area contributed by atoms with Gasteiger partial charge in [0.2, 0.25) is 0 Å². The molecule has 0 fully saturated rings. The molecule has 0 unspecified atom stereocenters. The Labute approximate surface area is 279 Å². The van der Waals surface area contributed by atoms with Crippen molar-refractivity contribution in [2.45, 2.75) is 0 Å². The van der Waals surface area contributed by atoms with Crippen molar-refractivity contribution < 1.29 is 8.83 Å². The minimum atomic E-state index is 0.652. The summed E-state index contributed by atoms with van der Waals surface area (Å²) < 4.78 is 16.0. The quantitative estimate of drug-likeness (QED) is 0.196. The number of hydrogen-bond acceptors (Lipinski definition) is 4. The lowest BCUT2D eigenvalue weighted by molar-refractivity contribution is 0.667. The van der Waals surface area contributed by atoms with Gasteiger partial charge in [-0.3, -0.25) is 0 Å². The zero-order chi connectivity index (χ0) is 32.1. The van der Waals surface area contributed by atoms with Crippen LogP contribution in [0.1, 0.15) is 0 Å². The second-order valence-electron chi connectivity index (χ2n) is 12.5. The third kappa shape index (κ3) is 3.64. The fourth-order valence-corrected chi connectivity index (χ4v) is 7.74. The van der Waals surface area contributed by atoms with Crippen LogP contribution in [0.2, 0.25) is 0 Å². The van der Waals surface area contributed by atoms with Gasteiger partial charge in [-0.2, -0.15) is 0 Å². The van der Waals surface area contributed by atoms with E-state index in [1.807, 2.05) is 42.5 Å². The Kier molecular flexibility index (Phi) is 5.32. The minimum Gasteiger partial charge on any atom is -0.455 e. The van der Waals surface area contributed by atoms with E-state index in [4.69, 9.17) is 18.8 Å². The van der Waals surface area contributed by atoms with E-state index in [1.54, 1.807) is 0 Å². The first-order valence-electron chi connectivity index (χ1n) is 16.4. The summed E-state index contributed by atoms with van der Waals surface area (Å²) in [5.41, 5.74) is 9.88. The van der Waals surface area contributed by atoms with Crippen molar-refractivity contribution in [1.82, 2.24) is 14.5 Å². The first kappa shape index (κ1) is 26.4. The van der Waals surface area contributed by atoms with Crippen LogP contribution in [-0.4, -0.2) is 14.5 Å². The largest absolute Gasteiger partial charge is 0.455 e. The molecule has 0 aliphatic heterocycles. The zero-order valence-corrected chi connectivity index (χ0v) is 26.1. The molecule has 0 radical (unpaired) electrons. The van der Waals surface area contributed by atoms with Gasteiger partial charge in [-0.25, -0.2) is 9.97 Å². The molecule has 0 amide bonds. The van der Waals surface area contributed by atoms with Crippen molar-refractivity contribution in [3.63, 3.8) is 0 Å². The van der Waals surface area contributed by atoms with E-state index in [0.717, 1.165) is 93.5 Å². The molecule has 5 heteroatoms. The summed E-state index contributed by atoms with van der Waals surface area (Å²) in [6, 6.07) is 52.2. The van der Waals surface area contributed by atoms with Gasteiger partial charge in [0, 0.05) is 43.7 Å². The number of rotatable bonds is 3. The third-order valence-corrected chi connectivity index (χ3v) is 9.78. The van der Waals surface area contributed by atoms with E-state index in [9.17, 15) is 0 Å². The van der Waals surface area contributed by atoms with Gasteiger partial charge in [0.15, 0.2) is 11.4 Å². The molecule has 0 spiro atoms. The first-order valence-corrected chi connectivity index (χ1v) is 16.4. The van der Waals surface area contributed by atoms with Crippen molar-refractivity contribution in [1.29, 1.82) is 0 Å². The summed E-state index contributed by atoms with van der Waals surface area (Å²) in [4.78, 5) is 10.4. The number of furan rings is 2. The lowest BCUT2D eigenvalue weighted by Gasteiger charge is -2.11. The molecule has 0 bridgehead atoms. The average molecular weight is 628 g/mol. The van der Waals surface area contributed by atoms with E-state index >= 15 is 0 Å². The highest BCUT2D eigenvalue weighted by atomic mass is 16.3. The molecule has 0 aliphatic carbocycles. The molecule has 11 aromatic rings. The Balaban J connectivity index is 1.43. The fourth-order valence-electron chi connectivity index (χ4n) is 7.74. The van der Waals surface area contributed by atoms with Crippen LogP contribution < -0.4 is 0 Å². The number of hydrogen-bond donors (Lipinski definition) is 0. The minimum absolute atomic E-state index is 0.652. The summed E-state index contributed by atoms with van der Waals surface area (Å²) in [5.74, 6) is 0.652. The molecule has 0 saturated carbocycles. The second kappa shape index (κ2) is 9.89. The van der Waals surface area contributed by atoms with Gasteiger partial charge in [-0.1, -0.05) is 115 Å². The summed E-state index contributed by atoms with van der Waals surface area (Å²) in [7, 11) is 0. The topological polar surface area (TPSA) is 57.0 Å². The highest BCUT2D eigenvalue weighted by Crippen LogP contribution is 2.49. The molecule has 7 aromatic carbocycles. The molecule has 0 saturated heterocycles. The molecule has 11 rings (SSSR count). The summed E-state index contributed by atoms with van der Waals surface area (Å²) in [6.45, 7) is 0. The molecule has 228 valence electrons. The van der Waals surface area contributed by atoms with Gasteiger partial charge >= 0.3 is 0 Å². The van der Waals surface area contributed by atoms with Crippen molar-refractivity contribution in [2.75, 3.05) is 0 Å². The zero-order valence-electron chi connectivity index (χ0n) is 26.1. The first-order chi connectivity index (χ1) is 24.3. The maximum atomic E-state index is 6.88. The Hall–Kier alpha value is -6.72. The van der Waals surface area contributed by atoms with E-state index in [0.29, 0.717) is 11.4 Å². The van der Waals surface area contributed by atoms with Crippen LogP contribution in [0.3, 0.4) is 0 Å². The van der Waals surface area contributed by atoms with Gasteiger partial charge in [0.05, 0.1) is 21.8 Å². The summed E-state index contributed by atoms with van der Waals surface area (Å²) in [6.07, 6.45) is 0. The van der Waals surface area contributed by atoms with Crippen molar-refractivity contribution in [3.05, 3.63) is 152 Å². The van der Waals surface area contributed by atoms with Crippen LogP contribution in [-0.2, 0) is 0 Å². The van der Waals surface area contributed by atoms with Crippen LogP contribution >= 0.6 is 0 Å². The van der Waals surface area contributed by atoms with Gasteiger partial charge in [-0.05, 0) is 36.4 Å². The molecular weight excluding hydrogens is 603 g/mol. The van der Waals surface area contributed by atoms with Crippen molar-refractivity contribution in [3.8, 4) is 28.3 Å². The Morgan fingerprint density at radius 2 is 1.08 bits per heavy atom. The van der Waals surface area contributed by atoms with Crippen LogP contribution in [0.25, 0.3) is 105 Å². The Bertz CT molecular complexity index is 3080. The van der Waals surface area contributed by atoms with Crippen LogP contribution in [0.5, 0.6) is 0 Å². The molecule has 4 aromatic heterocycles. The molecule has 5 nitrogen and oxygen atoms in total. The SMILES string of the molecule is c1ccc(-c2nc(-c3ccccc3)c3oc4ccc5c(c4c3n2)c2c3ccccc3oc2c2c3ccccc3n(-c3ccccc3)c52)cc1. The van der Waals surface area contributed by atoms with Crippen LogP contribution in [0.4, 0.5) is 0 Å². The average Bonchev–Trinajstić information content (AvgIpc) is 3.85. The molecular formula is C44H25N3O2. The predicted molar refractivity (Wildman–Crippen MR) is 199 cm³/mol. The summed E-state index contributed by atoms with van der Waals surface area (Å²) >= 11 is 0. The lowest BCUT2D eigenvalue weighted by Crippen LogP contribution is -1.95. The standard InChI is InChI=1S/C44H25N3O2/c1-4-14-26(15-5-1)39-43-40(46-44(45-39)27-16-6-2-7-17-27)38-34(49-43)25-24-31-35(38)36-30-21-11-13-23-33(30)48-42(36)37-29-20-10-12-22-32(29)47(41(31)37)28-18-8-3-9-19-28/h1-25H. The number of para-hydroxylation sites is 3. The third-order valence-electron chi connectivity index (χ3n) is 9.78. The number of fused-ring (bicyclic) bond motifs is 14. The number of aromatic nitrogens is 3. The normalized spacial score (nSPS) is 12.1. The second-order valence-corrected chi connectivity index (χ2v) is 12.5. The van der Waals surface area contributed by atoms with Gasteiger partial charge in [0.25, 0.3) is 0 Å². The van der Waals surface area contributed by atoms with Gasteiger partial charge < -0.3 is 13.4 Å². The highest BCUT2D eigenvalue weighted by Gasteiger charge is 2.27. The maximum Gasteiger partial charge on any atom is 0.180 e. The van der Waals surface area contributed by atoms with E-state index in [1.165, 1.54) is 0 Å². The molecule has 0 aliphatic rings. The van der Waals surface area contributed by atoms with Crippen molar-refractivity contribution >= 4 is 76.6 Å². The van der Waals surface area contributed by atoms with Gasteiger partial charge in [-0.15, -0.1) is 0 Å². The molecule has 0 atom stereocenters. The van der Waals surface area contributed by atoms with E-state index in [2.05, 4.69) is 114 Å². The maximum absolute atomic E-state index is 6.88. The van der Waals surface area contributed by atoms with E-state index < -0.39 is 0 Å².